The van der Waals surface area contributed by atoms with Gasteiger partial charge in [-0.2, -0.15) is 5.10 Å². The predicted molar refractivity (Wildman–Crippen MR) is 86.6 cm³/mol. The first kappa shape index (κ1) is 12.3. The lowest BCUT2D eigenvalue weighted by Crippen LogP contribution is -1.99. The number of pyridine rings is 2. The van der Waals surface area contributed by atoms with Crippen molar-refractivity contribution in [2.75, 3.05) is 0 Å². The van der Waals surface area contributed by atoms with E-state index in [-0.39, 0.29) is 0 Å². The molecule has 104 valence electrons. The second kappa shape index (κ2) is 4.85. The van der Waals surface area contributed by atoms with Crippen molar-refractivity contribution in [2.45, 2.75) is 26.2 Å². The van der Waals surface area contributed by atoms with Crippen LogP contribution in [0.2, 0.25) is 0 Å². The normalized spacial score (nSPS) is 11.7. The van der Waals surface area contributed by atoms with Crippen LogP contribution in [0.25, 0.3) is 27.2 Å². The van der Waals surface area contributed by atoms with E-state index in [4.69, 9.17) is 5.10 Å². The second-order valence-corrected chi connectivity index (χ2v) is 5.48. The molecular weight excluding hydrogens is 258 g/mol. The smallest absolute Gasteiger partial charge is 0.0965 e. The van der Waals surface area contributed by atoms with Crippen molar-refractivity contribution in [1.29, 1.82) is 0 Å². The summed E-state index contributed by atoms with van der Waals surface area (Å²) in [6.45, 7) is 2.22. The molecule has 3 nitrogen and oxygen atoms in total. The highest BCUT2D eigenvalue weighted by atomic mass is 15.2. The second-order valence-electron chi connectivity index (χ2n) is 5.48. The molecule has 3 aromatic heterocycles. The zero-order valence-electron chi connectivity index (χ0n) is 12.1. The zero-order chi connectivity index (χ0) is 14.2. The first-order valence-electron chi connectivity index (χ1n) is 7.51. The van der Waals surface area contributed by atoms with Crippen LogP contribution in [0.15, 0.2) is 48.8 Å². The molecule has 21 heavy (non-hydrogen) atoms. The van der Waals surface area contributed by atoms with E-state index in [2.05, 4.69) is 46.8 Å². The molecule has 4 rings (SSSR count). The van der Waals surface area contributed by atoms with E-state index in [9.17, 15) is 0 Å². The van der Waals surface area contributed by atoms with Crippen molar-refractivity contribution in [1.82, 2.24) is 14.6 Å². The number of rotatable bonds is 3. The van der Waals surface area contributed by atoms with Crippen molar-refractivity contribution in [3.05, 3.63) is 54.5 Å². The van der Waals surface area contributed by atoms with E-state index in [0.717, 1.165) is 17.3 Å². The first-order valence-corrected chi connectivity index (χ1v) is 7.51. The Bertz CT molecular complexity index is 937. The highest BCUT2D eigenvalue weighted by molar-refractivity contribution is 6.09. The molecule has 0 bridgehead atoms. The van der Waals surface area contributed by atoms with Gasteiger partial charge in [0.25, 0.3) is 0 Å². The van der Waals surface area contributed by atoms with Crippen molar-refractivity contribution in [3.63, 3.8) is 0 Å². The Kier molecular flexibility index (Phi) is 2.85. The van der Waals surface area contributed by atoms with Gasteiger partial charge in [0, 0.05) is 28.9 Å². The van der Waals surface area contributed by atoms with Gasteiger partial charge in [0.15, 0.2) is 0 Å². The Balaban J connectivity index is 2.16. The largest absolute Gasteiger partial charge is 0.264 e. The van der Waals surface area contributed by atoms with Crippen molar-refractivity contribution >= 4 is 27.2 Å². The summed E-state index contributed by atoms with van der Waals surface area (Å²) in [6, 6.07) is 12.8. The Morgan fingerprint density at radius 1 is 1.10 bits per heavy atom. The van der Waals surface area contributed by atoms with Crippen LogP contribution in [0.4, 0.5) is 0 Å². The van der Waals surface area contributed by atoms with E-state index >= 15 is 0 Å². The number of aryl methyl sites for hydroxylation is 1. The third-order valence-electron chi connectivity index (χ3n) is 4.07. The average Bonchev–Trinajstić information content (AvgIpc) is 2.92. The van der Waals surface area contributed by atoms with Gasteiger partial charge in [-0.15, -0.1) is 0 Å². The molecule has 0 fully saturated rings. The predicted octanol–water partition coefficient (Wildman–Crippen LogP) is 4.38. The summed E-state index contributed by atoms with van der Waals surface area (Å²) >= 11 is 0. The zero-order valence-corrected chi connectivity index (χ0v) is 12.1. The van der Waals surface area contributed by atoms with Gasteiger partial charge < -0.3 is 0 Å². The van der Waals surface area contributed by atoms with Crippen LogP contribution in [0, 0.1) is 0 Å². The molecular formula is C18H17N3. The van der Waals surface area contributed by atoms with Gasteiger partial charge in [-0.25, -0.2) is 4.52 Å². The average molecular weight is 275 g/mol. The van der Waals surface area contributed by atoms with Crippen LogP contribution in [0.3, 0.4) is 0 Å². The van der Waals surface area contributed by atoms with Crippen LogP contribution in [0.1, 0.15) is 25.5 Å². The van der Waals surface area contributed by atoms with E-state index in [1.807, 2.05) is 18.5 Å². The molecule has 0 saturated carbocycles. The first-order chi connectivity index (χ1) is 10.4. The van der Waals surface area contributed by atoms with E-state index in [1.54, 1.807) is 0 Å². The summed E-state index contributed by atoms with van der Waals surface area (Å²) in [4.78, 5) is 4.28. The molecule has 1 aromatic carbocycles. The van der Waals surface area contributed by atoms with Gasteiger partial charge >= 0.3 is 0 Å². The molecule has 0 atom stereocenters. The van der Waals surface area contributed by atoms with Crippen LogP contribution >= 0.6 is 0 Å². The van der Waals surface area contributed by atoms with Crippen molar-refractivity contribution in [3.8, 4) is 0 Å². The number of fused-ring (bicyclic) bond motifs is 5. The minimum Gasteiger partial charge on any atom is -0.264 e. The molecule has 0 amide bonds. The fourth-order valence-electron chi connectivity index (χ4n) is 3.01. The standard InChI is InChI=1S/C18H17N3/c1-2-3-7-14-11-13-6-4-5-8-15(13)18-16-12-19-10-9-17(16)20-21(14)18/h4-6,8-12H,2-3,7H2,1H3. The molecule has 0 unspecified atom stereocenters. The van der Waals surface area contributed by atoms with E-state index in [0.29, 0.717) is 0 Å². The quantitative estimate of drug-likeness (QED) is 0.555. The van der Waals surface area contributed by atoms with Gasteiger partial charge in [0.1, 0.15) is 0 Å². The monoisotopic (exact) mass is 275 g/mol. The summed E-state index contributed by atoms with van der Waals surface area (Å²) < 4.78 is 2.12. The summed E-state index contributed by atoms with van der Waals surface area (Å²) in [5.74, 6) is 0. The highest BCUT2D eigenvalue weighted by Gasteiger charge is 2.12. The van der Waals surface area contributed by atoms with Crippen molar-refractivity contribution in [2.24, 2.45) is 0 Å². The lowest BCUT2D eigenvalue weighted by Gasteiger charge is -2.08. The van der Waals surface area contributed by atoms with Crippen LogP contribution in [-0.2, 0) is 6.42 Å². The minimum atomic E-state index is 1.01. The molecule has 0 N–H and O–H groups in total. The van der Waals surface area contributed by atoms with Gasteiger partial charge in [0.2, 0.25) is 0 Å². The Hall–Kier alpha value is -2.42. The number of nitrogens with zero attached hydrogens (tertiary/aromatic N) is 3. The maximum atomic E-state index is 4.79. The maximum Gasteiger partial charge on any atom is 0.0965 e. The lowest BCUT2D eigenvalue weighted by atomic mass is 10.1. The lowest BCUT2D eigenvalue weighted by molar-refractivity contribution is 0.748. The number of benzene rings is 1. The summed E-state index contributed by atoms with van der Waals surface area (Å²) in [6.07, 6.45) is 7.16. The van der Waals surface area contributed by atoms with Crippen molar-refractivity contribution < 1.29 is 0 Å². The van der Waals surface area contributed by atoms with Gasteiger partial charge in [0.05, 0.1) is 11.0 Å². The molecule has 3 heteroatoms. The van der Waals surface area contributed by atoms with E-state index < -0.39 is 0 Å². The molecule has 4 aromatic rings. The number of hydrogen-bond acceptors (Lipinski definition) is 2. The summed E-state index contributed by atoms with van der Waals surface area (Å²) in [7, 11) is 0. The third-order valence-corrected chi connectivity index (χ3v) is 4.07. The Morgan fingerprint density at radius 2 is 2.00 bits per heavy atom. The van der Waals surface area contributed by atoms with Gasteiger partial charge in [-0.1, -0.05) is 37.6 Å². The molecule has 0 saturated heterocycles. The number of aromatic nitrogens is 3. The summed E-state index contributed by atoms with van der Waals surface area (Å²) in [5.41, 5.74) is 3.48. The molecule has 0 aliphatic rings. The minimum absolute atomic E-state index is 1.01. The third kappa shape index (κ3) is 1.88. The highest BCUT2D eigenvalue weighted by Crippen LogP contribution is 2.28. The number of hydrogen-bond donors (Lipinski definition) is 0. The molecule has 0 aliphatic carbocycles. The maximum absolute atomic E-state index is 4.79. The SMILES string of the molecule is CCCCc1cc2ccccc2c2c3cnccc3nn12. The Labute approximate surface area is 123 Å². The summed E-state index contributed by atoms with van der Waals surface area (Å²) in [5, 5.41) is 8.45. The van der Waals surface area contributed by atoms with Crippen LogP contribution in [0.5, 0.6) is 0 Å². The fourth-order valence-corrected chi connectivity index (χ4v) is 3.01. The molecule has 0 spiro atoms. The van der Waals surface area contributed by atoms with Gasteiger partial charge in [-0.05, 0) is 30.4 Å². The molecule has 0 radical (unpaired) electrons. The Morgan fingerprint density at radius 3 is 2.90 bits per heavy atom. The van der Waals surface area contributed by atoms with Crippen LogP contribution in [-0.4, -0.2) is 14.6 Å². The molecule has 0 aliphatic heterocycles. The van der Waals surface area contributed by atoms with E-state index in [1.165, 1.54) is 34.8 Å². The van der Waals surface area contributed by atoms with Crippen LogP contribution < -0.4 is 0 Å². The molecule has 3 heterocycles. The number of unbranched alkanes of at least 4 members (excludes halogenated alkanes) is 1. The topological polar surface area (TPSA) is 30.2 Å². The fraction of sp³-hybridized carbons (Fsp3) is 0.222. The van der Waals surface area contributed by atoms with Gasteiger partial charge in [-0.3, -0.25) is 4.98 Å².